The third-order valence-electron chi connectivity index (χ3n) is 1.78. The van der Waals surface area contributed by atoms with Crippen LogP contribution in [-0.2, 0) is 14.6 Å². The molecule has 1 N–H and O–H groups in total. The Kier molecular flexibility index (Phi) is 2.22. The van der Waals surface area contributed by atoms with Gasteiger partial charge in [0.05, 0.1) is 18.1 Å². The molecule has 0 radical (unpaired) electrons. The Morgan fingerprint density at radius 3 is 2.64 bits per heavy atom. The highest BCUT2D eigenvalue weighted by molar-refractivity contribution is 7.91. The predicted molar refractivity (Wildman–Crippen MR) is 40.1 cm³/mol. The van der Waals surface area contributed by atoms with Crippen molar-refractivity contribution >= 4 is 9.84 Å². The third kappa shape index (κ3) is 2.15. The number of rotatable bonds is 2. The topological polar surface area (TPSA) is 63.6 Å². The molecule has 4 nitrogen and oxygen atoms in total. The van der Waals surface area contributed by atoms with E-state index < -0.39 is 15.4 Å². The molecule has 0 spiro atoms. The molecule has 1 saturated heterocycles. The van der Waals surface area contributed by atoms with E-state index in [-0.39, 0.29) is 18.1 Å². The van der Waals surface area contributed by atoms with Gasteiger partial charge in [0, 0.05) is 7.11 Å². The third-order valence-corrected chi connectivity index (χ3v) is 3.58. The summed E-state index contributed by atoms with van der Waals surface area (Å²) in [5.74, 6) is -0.0826. The van der Waals surface area contributed by atoms with Crippen molar-refractivity contribution in [2.75, 3.05) is 25.2 Å². The number of sulfone groups is 1. The molecule has 0 aromatic heterocycles. The first-order chi connectivity index (χ1) is 4.97. The van der Waals surface area contributed by atoms with Gasteiger partial charge in [-0.25, -0.2) is 8.42 Å². The highest BCUT2D eigenvalue weighted by Crippen LogP contribution is 2.23. The highest BCUT2D eigenvalue weighted by atomic mass is 32.2. The normalized spacial score (nSPS) is 35.8. The van der Waals surface area contributed by atoms with Crippen LogP contribution >= 0.6 is 0 Å². The molecule has 1 aliphatic rings. The van der Waals surface area contributed by atoms with Crippen LogP contribution in [0.2, 0.25) is 0 Å². The molecule has 11 heavy (non-hydrogen) atoms. The SMILES string of the molecule is COCC1(O)CCS(=O)(=O)C1. The van der Waals surface area contributed by atoms with E-state index in [1.807, 2.05) is 0 Å². The Labute approximate surface area is 66.1 Å². The summed E-state index contributed by atoms with van der Waals surface area (Å²) >= 11 is 0. The van der Waals surface area contributed by atoms with Crippen molar-refractivity contribution in [3.63, 3.8) is 0 Å². The van der Waals surface area contributed by atoms with Crippen molar-refractivity contribution in [1.29, 1.82) is 0 Å². The molecule has 1 heterocycles. The molecule has 0 bridgehead atoms. The second-order valence-corrected chi connectivity index (χ2v) is 5.18. The summed E-state index contributed by atoms with van der Waals surface area (Å²) in [5.41, 5.74) is -1.13. The maximum atomic E-state index is 10.9. The number of hydrogen-bond donors (Lipinski definition) is 1. The van der Waals surface area contributed by atoms with Gasteiger partial charge in [-0.05, 0) is 6.42 Å². The Morgan fingerprint density at radius 1 is 1.64 bits per heavy atom. The van der Waals surface area contributed by atoms with E-state index in [2.05, 4.69) is 0 Å². The van der Waals surface area contributed by atoms with E-state index in [1.54, 1.807) is 0 Å². The lowest BCUT2D eigenvalue weighted by molar-refractivity contribution is -0.0106. The van der Waals surface area contributed by atoms with E-state index in [0.717, 1.165) is 0 Å². The van der Waals surface area contributed by atoms with Crippen LogP contribution in [0.5, 0.6) is 0 Å². The van der Waals surface area contributed by atoms with Gasteiger partial charge in [-0.2, -0.15) is 0 Å². The Bertz CT molecular complexity index is 233. The first kappa shape index (κ1) is 8.96. The summed E-state index contributed by atoms with van der Waals surface area (Å²) in [5, 5.41) is 9.52. The number of aliphatic hydroxyl groups is 1. The van der Waals surface area contributed by atoms with Gasteiger partial charge in [-0.15, -0.1) is 0 Å². The largest absolute Gasteiger partial charge is 0.386 e. The van der Waals surface area contributed by atoms with Gasteiger partial charge in [0.25, 0.3) is 0 Å². The highest BCUT2D eigenvalue weighted by Gasteiger charge is 2.40. The van der Waals surface area contributed by atoms with Crippen LogP contribution in [0.4, 0.5) is 0 Å². The smallest absolute Gasteiger partial charge is 0.153 e. The fraction of sp³-hybridized carbons (Fsp3) is 1.00. The van der Waals surface area contributed by atoms with E-state index in [9.17, 15) is 13.5 Å². The van der Waals surface area contributed by atoms with Crippen LogP contribution in [0, 0.1) is 0 Å². The lowest BCUT2D eigenvalue weighted by Crippen LogP contribution is -2.35. The van der Waals surface area contributed by atoms with Crippen molar-refractivity contribution in [3.8, 4) is 0 Å². The van der Waals surface area contributed by atoms with Crippen molar-refractivity contribution in [3.05, 3.63) is 0 Å². The summed E-state index contributed by atoms with van der Waals surface area (Å²) in [7, 11) is -1.56. The zero-order valence-corrected chi connectivity index (χ0v) is 7.23. The molecule has 0 saturated carbocycles. The van der Waals surface area contributed by atoms with E-state index in [1.165, 1.54) is 7.11 Å². The van der Waals surface area contributed by atoms with Gasteiger partial charge in [-0.3, -0.25) is 0 Å². The molecule has 1 atom stereocenters. The maximum Gasteiger partial charge on any atom is 0.153 e. The fourth-order valence-corrected chi connectivity index (χ4v) is 3.16. The molecular formula is C6H12O4S. The average molecular weight is 180 g/mol. The lowest BCUT2D eigenvalue weighted by Gasteiger charge is -2.18. The van der Waals surface area contributed by atoms with Gasteiger partial charge >= 0.3 is 0 Å². The summed E-state index contributed by atoms with van der Waals surface area (Å²) in [6.45, 7) is 0.103. The molecule has 5 heteroatoms. The zero-order chi connectivity index (χ0) is 8.54. The molecule has 0 aromatic rings. The fourth-order valence-electron chi connectivity index (χ4n) is 1.28. The minimum Gasteiger partial charge on any atom is -0.386 e. The van der Waals surface area contributed by atoms with Crippen LogP contribution < -0.4 is 0 Å². The quantitative estimate of drug-likeness (QED) is 0.603. The molecule has 0 aliphatic carbocycles. The van der Waals surface area contributed by atoms with Crippen molar-refractivity contribution in [1.82, 2.24) is 0 Å². The van der Waals surface area contributed by atoms with E-state index >= 15 is 0 Å². The number of methoxy groups -OCH3 is 1. The summed E-state index contributed by atoms with van der Waals surface area (Å²) in [4.78, 5) is 0. The minimum atomic E-state index is -3.01. The van der Waals surface area contributed by atoms with Crippen LogP contribution in [0.1, 0.15) is 6.42 Å². The molecule has 1 fully saturated rings. The zero-order valence-electron chi connectivity index (χ0n) is 6.41. The molecule has 1 rings (SSSR count). The van der Waals surface area contributed by atoms with Crippen molar-refractivity contribution in [2.24, 2.45) is 0 Å². The number of ether oxygens (including phenoxy) is 1. The van der Waals surface area contributed by atoms with Gasteiger partial charge in [0.15, 0.2) is 9.84 Å². The number of hydrogen-bond acceptors (Lipinski definition) is 4. The minimum absolute atomic E-state index is 0.0762. The first-order valence-electron chi connectivity index (χ1n) is 3.39. The Hall–Kier alpha value is -0.130. The molecule has 0 aromatic carbocycles. The Balaban J connectivity index is 2.65. The van der Waals surface area contributed by atoms with Gasteiger partial charge in [0.2, 0.25) is 0 Å². The molecule has 1 unspecified atom stereocenters. The molecular weight excluding hydrogens is 168 g/mol. The second kappa shape index (κ2) is 2.73. The van der Waals surface area contributed by atoms with Gasteiger partial charge < -0.3 is 9.84 Å². The standard InChI is InChI=1S/C6H12O4S/c1-10-4-6(7)2-3-11(8,9)5-6/h7H,2-5H2,1H3. The van der Waals surface area contributed by atoms with Crippen molar-refractivity contribution < 1.29 is 18.3 Å². The lowest BCUT2D eigenvalue weighted by atomic mass is 10.1. The Morgan fingerprint density at radius 2 is 2.27 bits per heavy atom. The molecule has 1 aliphatic heterocycles. The van der Waals surface area contributed by atoms with E-state index in [0.29, 0.717) is 6.42 Å². The second-order valence-electron chi connectivity index (χ2n) is 3.00. The monoisotopic (exact) mass is 180 g/mol. The van der Waals surface area contributed by atoms with Gasteiger partial charge in [-0.1, -0.05) is 0 Å². The van der Waals surface area contributed by atoms with E-state index in [4.69, 9.17) is 4.74 Å². The molecule has 66 valence electrons. The van der Waals surface area contributed by atoms with Crippen LogP contribution in [0.25, 0.3) is 0 Å². The summed E-state index contributed by atoms with van der Waals surface area (Å²) in [6, 6.07) is 0. The molecule has 0 amide bonds. The average Bonchev–Trinajstić information content (AvgIpc) is 2.07. The maximum absolute atomic E-state index is 10.9. The van der Waals surface area contributed by atoms with Crippen LogP contribution in [0.3, 0.4) is 0 Å². The van der Waals surface area contributed by atoms with Crippen LogP contribution in [0.15, 0.2) is 0 Å². The van der Waals surface area contributed by atoms with Gasteiger partial charge in [0.1, 0.15) is 5.60 Å². The first-order valence-corrected chi connectivity index (χ1v) is 5.21. The predicted octanol–water partition coefficient (Wildman–Crippen LogP) is -0.818. The summed E-state index contributed by atoms with van der Waals surface area (Å²) in [6.07, 6.45) is 0.295. The van der Waals surface area contributed by atoms with Crippen molar-refractivity contribution in [2.45, 2.75) is 12.0 Å². The van der Waals surface area contributed by atoms with Crippen LogP contribution in [-0.4, -0.2) is 44.3 Å². The summed E-state index contributed by atoms with van der Waals surface area (Å²) < 4.78 is 26.5.